The van der Waals surface area contributed by atoms with Gasteiger partial charge in [-0.1, -0.05) is 78.4 Å². The van der Waals surface area contributed by atoms with Gasteiger partial charge in [0.15, 0.2) is 0 Å². The Hall–Kier alpha value is -2.85. The second kappa shape index (κ2) is 9.79. The summed E-state index contributed by atoms with van der Waals surface area (Å²) in [5.74, 6) is -0.871. The first-order valence-electron chi connectivity index (χ1n) is 12.3. The van der Waals surface area contributed by atoms with Gasteiger partial charge in [-0.25, -0.2) is 16.8 Å². The lowest BCUT2D eigenvalue weighted by Crippen LogP contribution is -2.60. The maximum atomic E-state index is 13.9. The number of hydrogen-bond donors (Lipinski definition) is 0. The van der Waals surface area contributed by atoms with Gasteiger partial charge in [0.1, 0.15) is 5.78 Å². The first-order chi connectivity index (χ1) is 17.6. The van der Waals surface area contributed by atoms with Gasteiger partial charge in [0, 0.05) is 24.9 Å². The molecule has 9 heteroatoms. The molecule has 2 unspecified atom stereocenters. The van der Waals surface area contributed by atoms with Gasteiger partial charge in [0.2, 0.25) is 20.0 Å². The Morgan fingerprint density at radius 1 is 0.757 bits per heavy atom. The highest BCUT2D eigenvalue weighted by Gasteiger charge is 2.53. The third-order valence-electron chi connectivity index (χ3n) is 7.47. The van der Waals surface area contributed by atoms with E-state index in [-0.39, 0.29) is 30.1 Å². The summed E-state index contributed by atoms with van der Waals surface area (Å²) in [4.78, 5) is 13.7. The second-order valence-corrected chi connectivity index (χ2v) is 13.7. The third kappa shape index (κ3) is 4.88. The molecule has 2 heterocycles. The third-order valence-corrected chi connectivity index (χ3v) is 10.7. The Morgan fingerprint density at radius 2 is 1.30 bits per heavy atom. The molecule has 4 atom stereocenters. The summed E-state index contributed by atoms with van der Waals surface area (Å²) >= 11 is 0. The Balaban J connectivity index is 1.61. The second-order valence-electron chi connectivity index (χ2n) is 9.91. The molecule has 7 nitrogen and oxygen atoms in total. The smallest absolute Gasteiger partial charge is 0.243 e. The number of piperidine rings is 2. The van der Waals surface area contributed by atoms with Crippen LogP contribution in [0.25, 0.3) is 0 Å². The predicted molar refractivity (Wildman–Crippen MR) is 142 cm³/mol. The highest BCUT2D eigenvalue weighted by molar-refractivity contribution is 7.89. The number of benzene rings is 3. The molecule has 0 N–H and O–H groups in total. The van der Waals surface area contributed by atoms with Crippen molar-refractivity contribution in [2.75, 3.05) is 12.8 Å². The lowest BCUT2D eigenvalue weighted by molar-refractivity contribution is -0.132. The average molecular weight is 539 g/mol. The van der Waals surface area contributed by atoms with Gasteiger partial charge in [0.25, 0.3) is 0 Å². The molecule has 3 aromatic rings. The van der Waals surface area contributed by atoms with E-state index in [9.17, 15) is 21.6 Å². The van der Waals surface area contributed by atoms with Crippen LogP contribution in [0.2, 0.25) is 0 Å². The van der Waals surface area contributed by atoms with Gasteiger partial charge in [0.05, 0.1) is 23.2 Å². The van der Waals surface area contributed by atoms with Crippen molar-refractivity contribution >= 4 is 25.8 Å². The summed E-state index contributed by atoms with van der Waals surface area (Å²) in [6.45, 7) is 1.81. The van der Waals surface area contributed by atoms with Crippen molar-refractivity contribution in [3.8, 4) is 0 Å². The van der Waals surface area contributed by atoms with Crippen LogP contribution in [0, 0.1) is 12.8 Å². The monoisotopic (exact) mass is 538 g/mol. The van der Waals surface area contributed by atoms with Crippen molar-refractivity contribution < 1.29 is 21.6 Å². The highest BCUT2D eigenvalue weighted by Crippen LogP contribution is 2.46. The maximum absolute atomic E-state index is 13.9. The fourth-order valence-corrected chi connectivity index (χ4v) is 8.75. The van der Waals surface area contributed by atoms with Gasteiger partial charge in [-0.3, -0.25) is 4.79 Å². The zero-order valence-corrected chi connectivity index (χ0v) is 22.4. The number of carbonyl (C=O) groups excluding carboxylic acids is 1. The predicted octanol–water partition coefficient (Wildman–Crippen LogP) is 4.09. The first kappa shape index (κ1) is 25.8. The van der Waals surface area contributed by atoms with E-state index in [0.717, 1.165) is 16.7 Å². The van der Waals surface area contributed by atoms with Crippen molar-refractivity contribution in [2.24, 2.45) is 5.92 Å². The zero-order chi connectivity index (χ0) is 26.4. The van der Waals surface area contributed by atoms with E-state index >= 15 is 0 Å². The number of carbonyl (C=O) groups is 1. The van der Waals surface area contributed by atoms with Gasteiger partial charge < -0.3 is 0 Å². The number of hydrogen-bond acceptors (Lipinski definition) is 5. The van der Waals surface area contributed by atoms with E-state index in [0.29, 0.717) is 0 Å². The summed E-state index contributed by atoms with van der Waals surface area (Å²) in [5, 5.41) is 0. The molecule has 5 rings (SSSR count). The van der Waals surface area contributed by atoms with Gasteiger partial charge in [-0.2, -0.15) is 8.61 Å². The minimum Gasteiger partial charge on any atom is -0.299 e. The Labute approximate surface area is 218 Å². The average Bonchev–Trinajstić information content (AvgIpc) is 2.88. The Bertz CT molecular complexity index is 1490. The van der Waals surface area contributed by atoms with Crippen molar-refractivity contribution in [1.29, 1.82) is 0 Å². The van der Waals surface area contributed by atoms with Crippen LogP contribution in [0.1, 0.15) is 41.6 Å². The largest absolute Gasteiger partial charge is 0.299 e. The summed E-state index contributed by atoms with van der Waals surface area (Å²) in [5.41, 5.74) is 2.46. The minimum absolute atomic E-state index is 0.00662. The molecule has 0 aliphatic carbocycles. The summed E-state index contributed by atoms with van der Waals surface area (Å²) in [7, 11) is -7.67. The fourth-order valence-electron chi connectivity index (χ4n) is 5.72. The molecular formula is C28H30N2O5S2. The van der Waals surface area contributed by atoms with Crippen LogP contribution in [0.4, 0.5) is 0 Å². The van der Waals surface area contributed by atoms with Crippen molar-refractivity contribution in [2.45, 2.75) is 42.8 Å². The highest BCUT2D eigenvalue weighted by atomic mass is 32.2. The molecule has 2 fully saturated rings. The molecule has 3 aromatic carbocycles. The normalized spacial score (nSPS) is 25.5. The van der Waals surface area contributed by atoms with E-state index < -0.39 is 44.1 Å². The molecule has 0 radical (unpaired) electrons. The molecule has 2 saturated heterocycles. The molecule has 2 aliphatic rings. The van der Waals surface area contributed by atoms with E-state index in [4.69, 9.17) is 0 Å². The maximum Gasteiger partial charge on any atom is 0.243 e. The van der Waals surface area contributed by atoms with Crippen molar-refractivity contribution in [3.63, 3.8) is 0 Å². The number of fused-ring (bicyclic) bond motifs is 1. The van der Waals surface area contributed by atoms with Crippen LogP contribution < -0.4 is 0 Å². The Kier molecular flexibility index (Phi) is 6.83. The van der Waals surface area contributed by atoms with Crippen molar-refractivity contribution in [3.05, 3.63) is 102 Å². The van der Waals surface area contributed by atoms with E-state index in [1.807, 2.05) is 67.6 Å². The van der Waals surface area contributed by atoms with Crippen LogP contribution >= 0.6 is 0 Å². The quantitative estimate of drug-likeness (QED) is 0.488. The minimum atomic E-state index is -3.96. The lowest BCUT2D eigenvalue weighted by atomic mass is 9.77. The number of ketones is 1. The standard InChI is InChI=1S/C28H30N2O5S2/c1-20-13-15-23(16-14-20)37(34,35)29-19-24-27(17-25(29)21-9-5-3-6-10-21)30(36(2,32)33)26(18-28(24)31)22-11-7-4-8-12-22/h3-16,24-27H,17-19H2,1-2H3/t24-,25?,26?,27+/m1/s1. The number of rotatable bonds is 5. The zero-order valence-electron chi connectivity index (χ0n) is 20.8. The fraction of sp³-hybridized carbons (Fsp3) is 0.321. The molecule has 194 valence electrons. The Morgan fingerprint density at radius 3 is 1.84 bits per heavy atom. The summed E-state index contributed by atoms with van der Waals surface area (Å²) in [6, 6.07) is 23.2. The molecule has 0 saturated carbocycles. The van der Waals surface area contributed by atoms with Gasteiger partial charge in [-0.05, 0) is 36.6 Å². The number of nitrogens with zero attached hydrogens (tertiary/aromatic N) is 2. The van der Waals surface area contributed by atoms with E-state index in [1.165, 1.54) is 14.9 Å². The molecule has 0 spiro atoms. The van der Waals surface area contributed by atoms with Gasteiger partial charge in [-0.15, -0.1) is 0 Å². The topological polar surface area (TPSA) is 91.8 Å². The molecule has 37 heavy (non-hydrogen) atoms. The van der Waals surface area contributed by atoms with E-state index in [1.54, 1.807) is 24.3 Å². The van der Waals surface area contributed by atoms with Crippen molar-refractivity contribution in [1.82, 2.24) is 8.61 Å². The first-order valence-corrected chi connectivity index (χ1v) is 15.6. The molecule has 2 aliphatic heterocycles. The summed E-state index contributed by atoms with van der Waals surface area (Å²) < 4.78 is 57.1. The molecule has 0 bridgehead atoms. The van der Waals surface area contributed by atoms with Crippen LogP contribution in [0.3, 0.4) is 0 Å². The molecule has 0 aromatic heterocycles. The SMILES string of the molecule is Cc1ccc(S(=O)(=O)N2C[C@H]3C(=O)CC(c4ccccc4)N(S(C)(=O)=O)[C@H]3CC2c2ccccc2)cc1. The number of Topliss-reactive ketones (excluding diaryl/α,β-unsaturated/α-hetero) is 1. The van der Waals surface area contributed by atoms with Crippen LogP contribution in [-0.4, -0.2) is 50.1 Å². The summed E-state index contributed by atoms with van der Waals surface area (Å²) in [6.07, 6.45) is 1.36. The van der Waals surface area contributed by atoms with Crippen LogP contribution in [0.15, 0.2) is 89.8 Å². The van der Waals surface area contributed by atoms with Crippen LogP contribution in [-0.2, 0) is 24.8 Å². The van der Waals surface area contributed by atoms with E-state index in [2.05, 4.69) is 0 Å². The molecular weight excluding hydrogens is 508 g/mol. The van der Waals surface area contributed by atoms with Crippen LogP contribution in [0.5, 0.6) is 0 Å². The number of sulfonamides is 2. The number of aryl methyl sites for hydroxylation is 1. The van der Waals surface area contributed by atoms with Gasteiger partial charge >= 0.3 is 0 Å². The lowest BCUT2D eigenvalue weighted by Gasteiger charge is -2.51. The molecule has 0 amide bonds.